The normalized spacial score (nSPS) is 19.3. The van der Waals surface area contributed by atoms with Crippen LogP contribution in [-0.4, -0.2) is 0 Å². The van der Waals surface area contributed by atoms with E-state index in [0.29, 0.717) is 11.3 Å². The van der Waals surface area contributed by atoms with Gasteiger partial charge in [-0.1, -0.05) is 104 Å². The molecule has 0 radical (unpaired) electrons. The van der Waals surface area contributed by atoms with Crippen LogP contribution in [0.15, 0.2) is 23.8 Å². The van der Waals surface area contributed by atoms with E-state index < -0.39 is 0 Å². The van der Waals surface area contributed by atoms with Crippen LogP contribution < -0.4 is 0 Å². The molecule has 0 aliphatic heterocycles. The van der Waals surface area contributed by atoms with E-state index in [0.717, 1.165) is 23.7 Å². The van der Waals surface area contributed by atoms with Crippen molar-refractivity contribution < 1.29 is 0 Å². The van der Waals surface area contributed by atoms with Crippen molar-refractivity contribution in [2.45, 2.75) is 100 Å². The summed E-state index contributed by atoms with van der Waals surface area (Å²) in [5.74, 6) is 3.97. The third kappa shape index (κ3) is 8.14. The van der Waals surface area contributed by atoms with Gasteiger partial charge in [0, 0.05) is 5.92 Å². The fraction of sp³-hybridized carbons (Fsp3) is 0.840. The molecule has 0 spiro atoms. The van der Waals surface area contributed by atoms with E-state index >= 15 is 0 Å². The molecule has 0 aromatic rings. The zero-order chi connectivity index (χ0) is 19.0. The Morgan fingerprint density at radius 3 is 2.00 bits per heavy atom. The topological polar surface area (TPSA) is 0 Å². The van der Waals surface area contributed by atoms with Gasteiger partial charge >= 0.3 is 0 Å². The lowest BCUT2D eigenvalue weighted by atomic mass is 9.67. The number of rotatable bonds is 13. The van der Waals surface area contributed by atoms with Gasteiger partial charge in [-0.25, -0.2) is 0 Å². The van der Waals surface area contributed by atoms with Crippen LogP contribution in [0.25, 0.3) is 0 Å². The minimum atomic E-state index is 0.468. The van der Waals surface area contributed by atoms with E-state index in [1.807, 2.05) is 0 Å². The summed E-state index contributed by atoms with van der Waals surface area (Å²) >= 11 is 0. The first-order valence-corrected chi connectivity index (χ1v) is 11.0. The van der Waals surface area contributed by atoms with Crippen molar-refractivity contribution in [3.63, 3.8) is 0 Å². The second kappa shape index (κ2) is 10.6. The smallest absolute Gasteiger partial charge is 0.0130 e. The third-order valence-corrected chi connectivity index (χ3v) is 7.16. The molecular formula is C25H46. The van der Waals surface area contributed by atoms with Gasteiger partial charge in [-0.3, -0.25) is 0 Å². The van der Waals surface area contributed by atoms with E-state index in [1.54, 1.807) is 5.57 Å². The minimum absolute atomic E-state index is 0.468. The number of hydrogen-bond donors (Lipinski definition) is 0. The minimum Gasteiger partial charge on any atom is -0.0769 e. The standard InChI is InChI=1S/C25H46/c1-9-10-12-21(5)25(7,8)22(6)13-11-14-24(19(2)3)18-20(4)17-23-15-16-23/h15-17,19,21-24H,9-14,18H2,1-8H3/b20-17+. The van der Waals surface area contributed by atoms with E-state index in [2.05, 4.69) is 73.6 Å². The quantitative estimate of drug-likeness (QED) is 0.293. The summed E-state index contributed by atoms with van der Waals surface area (Å²) in [7, 11) is 0. The second-order valence-electron chi connectivity index (χ2n) is 9.88. The van der Waals surface area contributed by atoms with Gasteiger partial charge in [-0.2, -0.15) is 0 Å². The SMILES string of the molecule is CCCCC(C)C(C)(C)C(C)CCCC(C/C(C)=C/C1C=C1)C(C)C. The highest BCUT2D eigenvalue weighted by Crippen LogP contribution is 2.40. The Morgan fingerprint density at radius 1 is 0.960 bits per heavy atom. The van der Waals surface area contributed by atoms with Crippen molar-refractivity contribution in [1.82, 2.24) is 0 Å². The Kier molecular flexibility index (Phi) is 9.54. The lowest BCUT2D eigenvalue weighted by Crippen LogP contribution is -2.29. The highest BCUT2D eigenvalue weighted by molar-refractivity contribution is 5.24. The van der Waals surface area contributed by atoms with E-state index in [4.69, 9.17) is 0 Å². The Hall–Kier alpha value is -0.520. The first-order valence-electron chi connectivity index (χ1n) is 11.0. The van der Waals surface area contributed by atoms with Crippen LogP contribution in [0, 0.1) is 35.0 Å². The maximum absolute atomic E-state index is 2.51. The molecule has 0 saturated carbocycles. The highest BCUT2D eigenvalue weighted by Gasteiger charge is 2.31. The molecule has 0 amide bonds. The molecule has 0 bridgehead atoms. The maximum atomic E-state index is 2.51. The molecule has 25 heavy (non-hydrogen) atoms. The molecule has 3 unspecified atom stereocenters. The van der Waals surface area contributed by atoms with Crippen molar-refractivity contribution in [3.05, 3.63) is 23.8 Å². The van der Waals surface area contributed by atoms with Crippen LogP contribution in [0.2, 0.25) is 0 Å². The number of allylic oxidation sites excluding steroid dienone is 4. The Bertz CT molecular complexity index is 417. The third-order valence-electron chi connectivity index (χ3n) is 7.16. The molecule has 0 heterocycles. The van der Waals surface area contributed by atoms with Crippen LogP contribution >= 0.6 is 0 Å². The van der Waals surface area contributed by atoms with Crippen LogP contribution in [0.1, 0.15) is 100 Å². The van der Waals surface area contributed by atoms with E-state index in [-0.39, 0.29) is 0 Å². The molecule has 0 saturated heterocycles. The first-order chi connectivity index (χ1) is 11.7. The molecule has 0 aromatic heterocycles. The molecule has 0 heteroatoms. The molecule has 146 valence electrons. The van der Waals surface area contributed by atoms with Crippen molar-refractivity contribution in [2.24, 2.45) is 35.0 Å². The average Bonchev–Trinajstić information content (AvgIpc) is 3.34. The summed E-state index contributed by atoms with van der Waals surface area (Å²) in [6, 6.07) is 0. The van der Waals surface area contributed by atoms with Crippen molar-refractivity contribution in [3.8, 4) is 0 Å². The fourth-order valence-corrected chi connectivity index (χ4v) is 4.08. The molecule has 3 atom stereocenters. The summed E-state index contributed by atoms with van der Waals surface area (Å²) in [6.07, 6.45) is 16.6. The molecular weight excluding hydrogens is 300 g/mol. The van der Waals surface area contributed by atoms with Crippen LogP contribution in [0.5, 0.6) is 0 Å². The van der Waals surface area contributed by atoms with Gasteiger partial charge in [0.25, 0.3) is 0 Å². The zero-order valence-corrected chi connectivity index (χ0v) is 18.6. The summed E-state index contributed by atoms with van der Waals surface area (Å²) in [4.78, 5) is 0. The largest absolute Gasteiger partial charge is 0.0769 e. The van der Waals surface area contributed by atoms with E-state index in [1.165, 1.54) is 44.9 Å². The monoisotopic (exact) mass is 346 g/mol. The summed E-state index contributed by atoms with van der Waals surface area (Å²) in [5.41, 5.74) is 2.06. The zero-order valence-electron chi connectivity index (χ0n) is 18.6. The molecule has 0 fully saturated rings. The summed E-state index contributed by atoms with van der Waals surface area (Å²) < 4.78 is 0. The molecule has 1 rings (SSSR count). The molecule has 1 aliphatic rings. The van der Waals surface area contributed by atoms with Crippen molar-refractivity contribution in [1.29, 1.82) is 0 Å². The molecule has 0 N–H and O–H groups in total. The van der Waals surface area contributed by atoms with Gasteiger partial charge < -0.3 is 0 Å². The predicted molar refractivity (Wildman–Crippen MR) is 115 cm³/mol. The van der Waals surface area contributed by atoms with Crippen LogP contribution in [0.4, 0.5) is 0 Å². The maximum Gasteiger partial charge on any atom is 0.0130 e. The van der Waals surface area contributed by atoms with Gasteiger partial charge in [0.15, 0.2) is 0 Å². The summed E-state index contributed by atoms with van der Waals surface area (Å²) in [6.45, 7) is 19.4. The van der Waals surface area contributed by atoms with Gasteiger partial charge in [-0.15, -0.1) is 0 Å². The summed E-state index contributed by atoms with van der Waals surface area (Å²) in [5, 5.41) is 0. The van der Waals surface area contributed by atoms with Gasteiger partial charge in [0.05, 0.1) is 0 Å². The molecule has 0 aromatic carbocycles. The lowest BCUT2D eigenvalue weighted by molar-refractivity contribution is 0.117. The Morgan fingerprint density at radius 2 is 1.52 bits per heavy atom. The lowest BCUT2D eigenvalue weighted by Gasteiger charge is -2.38. The molecule has 1 aliphatic carbocycles. The fourth-order valence-electron chi connectivity index (χ4n) is 4.08. The second-order valence-corrected chi connectivity index (χ2v) is 9.88. The van der Waals surface area contributed by atoms with Gasteiger partial charge in [0.1, 0.15) is 0 Å². The number of hydrogen-bond acceptors (Lipinski definition) is 0. The van der Waals surface area contributed by atoms with Crippen molar-refractivity contribution >= 4 is 0 Å². The van der Waals surface area contributed by atoms with E-state index in [9.17, 15) is 0 Å². The Labute approximate surface area is 159 Å². The van der Waals surface area contributed by atoms with Gasteiger partial charge in [-0.05, 0) is 48.9 Å². The Balaban J connectivity index is 2.42. The average molecular weight is 347 g/mol. The van der Waals surface area contributed by atoms with Crippen LogP contribution in [-0.2, 0) is 0 Å². The highest BCUT2D eigenvalue weighted by atomic mass is 14.4. The first kappa shape index (κ1) is 22.5. The number of unbranched alkanes of at least 4 members (excludes halogenated alkanes) is 1. The van der Waals surface area contributed by atoms with Crippen LogP contribution in [0.3, 0.4) is 0 Å². The van der Waals surface area contributed by atoms with Gasteiger partial charge in [0.2, 0.25) is 0 Å². The predicted octanol–water partition coefficient (Wildman–Crippen LogP) is 8.44. The molecule has 0 nitrogen and oxygen atoms in total. The van der Waals surface area contributed by atoms with Crippen molar-refractivity contribution in [2.75, 3.05) is 0 Å².